The summed E-state index contributed by atoms with van der Waals surface area (Å²) in [5, 5.41) is 0. The van der Waals surface area contributed by atoms with Gasteiger partial charge in [-0.2, -0.15) is 11.4 Å². The molecule has 0 N–H and O–H groups in total. The zero-order valence-electron chi connectivity index (χ0n) is 29.1. The fraction of sp³-hybridized carbons (Fsp3) is 0.200. The molecule has 0 radical (unpaired) electrons. The predicted molar refractivity (Wildman–Crippen MR) is 192 cm³/mol. The Morgan fingerprint density at radius 3 is 1.24 bits per heavy atom. The van der Waals surface area contributed by atoms with E-state index in [2.05, 4.69) is 61.9 Å². The van der Waals surface area contributed by atoms with E-state index < -0.39 is 0 Å². The second kappa shape index (κ2) is 13.4. The van der Waals surface area contributed by atoms with E-state index in [-0.39, 0.29) is 19.5 Å². The molecule has 0 amide bonds. The Balaban J connectivity index is 0.000000167. The molecule has 240 valence electrons. The van der Waals surface area contributed by atoms with Crippen LogP contribution in [-0.4, -0.2) is 21.4 Å². The van der Waals surface area contributed by atoms with Crippen LogP contribution in [0.4, 0.5) is 0 Å². The summed E-state index contributed by atoms with van der Waals surface area (Å²) < 4.78 is 12.1. The maximum atomic E-state index is 6.04. The first kappa shape index (κ1) is 33.8. The third-order valence-corrected chi connectivity index (χ3v) is 8.31. The minimum Gasteiger partial charge on any atom is -0.661 e. The summed E-state index contributed by atoms with van der Waals surface area (Å²) in [4.78, 5) is 28.2. The summed E-state index contributed by atoms with van der Waals surface area (Å²) in [5.74, 6) is 1.14. The number of rotatable bonds is 4. The van der Waals surface area contributed by atoms with Crippen LogP contribution in [0.2, 0.25) is 0 Å². The Kier molecular flexibility index (Phi) is 9.23. The van der Waals surface area contributed by atoms with Crippen LogP contribution in [-0.2, 0) is 19.5 Å². The molecule has 4 aromatic heterocycles. The number of allylic oxidation sites excluding steroid dienone is 4. The van der Waals surface area contributed by atoms with Gasteiger partial charge in [0, 0.05) is 22.6 Å². The first-order valence-corrected chi connectivity index (χ1v) is 16.0. The van der Waals surface area contributed by atoms with E-state index in [0.29, 0.717) is 11.8 Å². The normalized spacial score (nSPS) is 16.2. The van der Waals surface area contributed by atoms with E-state index in [1.54, 1.807) is 0 Å². The predicted octanol–water partition coefficient (Wildman–Crippen LogP) is 9.16. The number of benzene rings is 2. The van der Waals surface area contributed by atoms with Crippen LogP contribution < -0.4 is 9.97 Å². The summed E-state index contributed by atoms with van der Waals surface area (Å²) in [6.07, 6.45) is 4.15. The summed E-state index contributed by atoms with van der Waals surface area (Å²) in [5.41, 5.74) is 16.8. The van der Waals surface area contributed by atoms with Gasteiger partial charge in [-0.1, -0.05) is 61.4 Å². The maximum absolute atomic E-state index is 6.04. The Labute approximate surface area is 298 Å². The molecule has 6 heterocycles. The van der Waals surface area contributed by atoms with Gasteiger partial charge in [-0.05, 0) is 89.1 Å². The SMILES string of the molecule is CC1=CC(C)=N/C1=C(/c1nc2ccccc2o1)c1[n-]c(C)cc1C.CC1=CC(C)=N/C1=C(/c1nc2ccccc2o1)c1[n-]c(C)cc1C.[Zn+2]. The Morgan fingerprint density at radius 1 is 0.551 bits per heavy atom. The van der Waals surface area contributed by atoms with Crippen LogP contribution in [0.15, 0.2) is 114 Å². The molecule has 8 rings (SSSR count). The molecule has 2 aliphatic rings. The average Bonchev–Trinajstić information content (AvgIpc) is 3.88. The van der Waals surface area contributed by atoms with Crippen LogP contribution >= 0.6 is 0 Å². The smallest absolute Gasteiger partial charge is 0.661 e. The molecule has 2 aliphatic heterocycles. The van der Waals surface area contributed by atoms with Gasteiger partial charge in [0.2, 0.25) is 11.8 Å². The molecule has 0 fully saturated rings. The number of fused-ring (bicyclic) bond motifs is 2. The molecule has 0 bridgehead atoms. The van der Waals surface area contributed by atoms with Gasteiger partial charge in [-0.15, -0.1) is 11.4 Å². The molecule has 6 aromatic rings. The van der Waals surface area contributed by atoms with Crippen molar-refractivity contribution >= 4 is 44.8 Å². The fourth-order valence-corrected chi connectivity index (χ4v) is 6.31. The molecule has 0 aliphatic carbocycles. The number of hydrogen-bond donors (Lipinski definition) is 0. The molecular weight excluding hydrogens is 662 g/mol. The summed E-state index contributed by atoms with van der Waals surface area (Å²) in [6.45, 7) is 16.2. The Hall–Kier alpha value is -5.14. The monoisotopic (exact) mass is 696 g/mol. The number of aryl methyl sites for hydroxylation is 4. The molecule has 49 heavy (non-hydrogen) atoms. The molecule has 0 spiro atoms. The van der Waals surface area contributed by atoms with Crippen molar-refractivity contribution in [2.24, 2.45) is 9.98 Å². The number of oxazole rings is 2. The second-order valence-electron chi connectivity index (χ2n) is 12.4. The third-order valence-electron chi connectivity index (χ3n) is 8.31. The first-order valence-electron chi connectivity index (χ1n) is 16.0. The van der Waals surface area contributed by atoms with Crippen LogP contribution in [0.5, 0.6) is 0 Å². The Bertz CT molecular complexity index is 2200. The van der Waals surface area contributed by atoms with Crippen molar-refractivity contribution in [3.8, 4) is 0 Å². The summed E-state index contributed by atoms with van der Waals surface area (Å²) >= 11 is 0. The number of hydrogen-bond acceptors (Lipinski definition) is 6. The van der Waals surface area contributed by atoms with E-state index in [4.69, 9.17) is 28.8 Å². The van der Waals surface area contributed by atoms with E-state index in [1.165, 1.54) is 0 Å². The van der Waals surface area contributed by atoms with Gasteiger partial charge in [0.15, 0.2) is 11.2 Å². The van der Waals surface area contributed by atoms with Crippen LogP contribution in [0.25, 0.3) is 33.3 Å². The number of aromatic nitrogens is 4. The van der Waals surface area contributed by atoms with Gasteiger partial charge in [0.25, 0.3) is 0 Å². The topological polar surface area (TPSA) is 105 Å². The Morgan fingerprint density at radius 2 is 0.939 bits per heavy atom. The van der Waals surface area contributed by atoms with Crippen molar-refractivity contribution in [3.63, 3.8) is 0 Å². The second-order valence-corrected chi connectivity index (χ2v) is 12.4. The van der Waals surface area contributed by atoms with Crippen molar-refractivity contribution < 1.29 is 28.3 Å². The third kappa shape index (κ3) is 6.51. The van der Waals surface area contributed by atoms with E-state index in [9.17, 15) is 0 Å². The van der Waals surface area contributed by atoms with Crippen molar-refractivity contribution in [2.75, 3.05) is 0 Å². The molecule has 0 saturated heterocycles. The maximum Gasteiger partial charge on any atom is 2.00 e. The van der Waals surface area contributed by atoms with Crippen LogP contribution in [0.3, 0.4) is 0 Å². The standard InChI is InChI=1S/2C20H18N3O.Zn/c2*1-11-9-13(3)21-18(11)17(19-12(2)10-14(4)22-19)20-23-15-7-5-6-8-16(15)24-20;/h2*5-10H,1-4H3;/q2*-1;+2/b2*18-17+;. The number of aliphatic imine (C=N–C) groups is 2. The van der Waals surface area contributed by atoms with Crippen LogP contribution in [0, 0.1) is 27.7 Å². The summed E-state index contributed by atoms with van der Waals surface area (Å²) in [6, 6.07) is 19.7. The van der Waals surface area contributed by atoms with Crippen molar-refractivity contribution in [1.82, 2.24) is 19.9 Å². The van der Waals surface area contributed by atoms with Gasteiger partial charge in [0.05, 0.1) is 11.4 Å². The molecule has 0 unspecified atom stereocenters. The first-order chi connectivity index (χ1) is 23.0. The zero-order chi connectivity index (χ0) is 33.7. The largest absolute Gasteiger partial charge is 2.00 e. The van der Waals surface area contributed by atoms with E-state index >= 15 is 0 Å². The minimum absolute atomic E-state index is 0. The molecule has 8 nitrogen and oxygen atoms in total. The molecular formula is C40H36N6O2Zn. The zero-order valence-corrected chi connectivity index (χ0v) is 32.1. The summed E-state index contributed by atoms with van der Waals surface area (Å²) in [7, 11) is 0. The van der Waals surface area contributed by atoms with Crippen molar-refractivity contribution in [1.29, 1.82) is 0 Å². The average molecular weight is 698 g/mol. The number of nitrogens with zero attached hydrogens (tertiary/aromatic N) is 6. The molecule has 2 aromatic carbocycles. The molecule has 0 saturated carbocycles. The quantitative estimate of drug-likeness (QED) is 0.170. The van der Waals surface area contributed by atoms with Crippen molar-refractivity contribution in [3.05, 3.63) is 141 Å². The van der Waals surface area contributed by atoms with Crippen molar-refractivity contribution in [2.45, 2.75) is 55.4 Å². The van der Waals surface area contributed by atoms with Gasteiger partial charge < -0.3 is 18.8 Å². The van der Waals surface area contributed by atoms with Gasteiger partial charge in [0.1, 0.15) is 11.0 Å². The number of para-hydroxylation sites is 4. The van der Waals surface area contributed by atoms with Gasteiger partial charge in [-0.3, -0.25) is 9.98 Å². The van der Waals surface area contributed by atoms with E-state index in [0.717, 1.165) is 101 Å². The molecule has 9 heteroatoms. The fourth-order valence-electron chi connectivity index (χ4n) is 6.31. The van der Waals surface area contributed by atoms with E-state index in [1.807, 2.05) is 76.2 Å². The minimum atomic E-state index is 0. The van der Waals surface area contributed by atoms with Gasteiger partial charge in [-0.25, -0.2) is 9.97 Å². The molecule has 0 atom stereocenters. The van der Waals surface area contributed by atoms with Crippen LogP contribution in [0.1, 0.15) is 73.4 Å². The van der Waals surface area contributed by atoms with Gasteiger partial charge >= 0.3 is 19.5 Å².